The average molecular weight is 376 g/mol. The maximum atomic E-state index is 14.5. The van der Waals surface area contributed by atoms with Crippen LogP contribution in [-0.4, -0.2) is 41.4 Å². The molecule has 7 heteroatoms. The molecule has 0 spiro atoms. The molecule has 1 fully saturated rings. The minimum atomic E-state index is -0.983. The molecule has 1 saturated heterocycles. The lowest BCUT2D eigenvalue weighted by Gasteiger charge is -2.32. The van der Waals surface area contributed by atoms with E-state index in [-0.39, 0.29) is 23.8 Å². The molecule has 0 aliphatic carbocycles. The lowest BCUT2D eigenvalue weighted by molar-refractivity contribution is -0.138. The van der Waals surface area contributed by atoms with Gasteiger partial charge in [-0.05, 0) is 62.4 Å². The SMILES string of the molecule is COc1ccc2ncc(F)c([C@@H](O)CC[C@@H]3CCNC[C@H]3CC(=O)O)c2c1. The first-order chi connectivity index (χ1) is 13.0. The molecule has 3 N–H and O–H groups in total. The van der Waals surface area contributed by atoms with E-state index in [1.165, 1.54) is 7.11 Å². The number of carboxylic acid groups (broad SMARTS) is 1. The minimum absolute atomic E-state index is 0.0302. The van der Waals surface area contributed by atoms with Gasteiger partial charge in [0.05, 0.1) is 24.9 Å². The number of aliphatic hydroxyl groups excluding tert-OH is 1. The van der Waals surface area contributed by atoms with E-state index in [9.17, 15) is 14.3 Å². The van der Waals surface area contributed by atoms with Gasteiger partial charge in [-0.2, -0.15) is 0 Å². The van der Waals surface area contributed by atoms with E-state index in [0.717, 1.165) is 19.2 Å². The fourth-order valence-electron chi connectivity index (χ4n) is 3.97. The third-order valence-corrected chi connectivity index (χ3v) is 5.41. The lowest BCUT2D eigenvalue weighted by Crippen LogP contribution is -2.37. The summed E-state index contributed by atoms with van der Waals surface area (Å²) in [4.78, 5) is 15.2. The number of rotatable bonds is 7. The van der Waals surface area contributed by atoms with Gasteiger partial charge in [0.25, 0.3) is 0 Å². The van der Waals surface area contributed by atoms with Gasteiger partial charge in [-0.3, -0.25) is 9.78 Å². The summed E-state index contributed by atoms with van der Waals surface area (Å²) < 4.78 is 19.7. The summed E-state index contributed by atoms with van der Waals surface area (Å²) in [6.07, 6.45) is 2.13. The number of halogens is 1. The number of aliphatic hydroxyl groups is 1. The number of hydrogen-bond donors (Lipinski definition) is 3. The highest BCUT2D eigenvalue weighted by atomic mass is 19.1. The number of pyridine rings is 1. The predicted molar refractivity (Wildman–Crippen MR) is 99.2 cm³/mol. The summed E-state index contributed by atoms with van der Waals surface area (Å²) in [6.45, 7) is 1.50. The van der Waals surface area contributed by atoms with Crippen molar-refractivity contribution >= 4 is 16.9 Å². The highest BCUT2D eigenvalue weighted by molar-refractivity contribution is 5.84. The molecule has 3 atom stereocenters. The van der Waals surface area contributed by atoms with Crippen LogP contribution in [-0.2, 0) is 4.79 Å². The van der Waals surface area contributed by atoms with Crippen LogP contribution in [0, 0.1) is 17.7 Å². The van der Waals surface area contributed by atoms with Gasteiger partial charge < -0.3 is 20.3 Å². The normalized spacial score (nSPS) is 21.1. The third-order valence-electron chi connectivity index (χ3n) is 5.41. The van der Waals surface area contributed by atoms with Crippen molar-refractivity contribution in [3.63, 3.8) is 0 Å². The number of hydrogen-bond acceptors (Lipinski definition) is 5. The van der Waals surface area contributed by atoms with E-state index >= 15 is 0 Å². The molecule has 2 heterocycles. The number of nitrogens with one attached hydrogen (secondary N) is 1. The number of carboxylic acids is 1. The van der Waals surface area contributed by atoms with Gasteiger partial charge in [0.15, 0.2) is 0 Å². The summed E-state index contributed by atoms with van der Waals surface area (Å²) in [7, 11) is 1.53. The summed E-state index contributed by atoms with van der Waals surface area (Å²) in [5, 5.41) is 23.6. The molecule has 0 radical (unpaired) electrons. The van der Waals surface area contributed by atoms with E-state index < -0.39 is 17.9 Å². The standard InChI is InChI=1S/C20H25FN2O4/c1-27-14-3-4-17-15(9-14)20(16(21)11-23-17)18(24)5-2-12-6-7-22-10-13(12)8-19(25)26/h3-4,9,11-13,18,22,24H,2,5-8,10H2,1H3,(H,25,26)/t12-,13-,18+/m1/s1. The van der Waals surface area contributed by atoms with Gasteiger partial charge in [0, 0.05) is 17.4 Å². The number of fused-ring (bicyclic) bond motifs is 1. The number of aromatic nitrogens is 1. The Hall–Kier alpha value is -2.25. The summed E-state index contributed by atoms with van der Waals surface area (Å²) in [5.41, 5.74) is 0.819. The second-order valence-electron chi connectivity index (χ2n) is 7.11. The van der Waals surface area contributed by atoms with Crippen molar-refractivity contribution < 1.29 is 24.1 Å². The maximum Gasteiger partial charge on any atom is 0.303 e. The van der Waals surface area contributed by atoms with Crippen LogP contribution in [0.25, 0.3) is 10.9 Å². The van der Waals surface area contributed by atoms with Crippen molar-refractivity contribution in [3.8, 4) is 5.75 Å². The van der Waals surface area contributed by atoms with Gasteiger partial charge >= 0.3 is 5.97 Å². The van der Waals surface area contributed by atoms with Gasteiger partial charge in [-0.1, -0.05) is 0 Å². The zero-order chi connectivity index (χ0) is 19.4. The predicted octanol–water partition coefficient (Wildman–Crippen LogP) is 2.90. The van der Waals surface area contributed by atoms with E-state index in [4.69, 9.17) is 9.84 Å². The zero-order valence-electron chi connectivity index (χ0n) is 15.3. The molecular formula is C20H25FN2O4. The van der Waals surface area contributed by atoms with Gasteiger partial charge in [0.1, 0.15) is 11.6 Å². The van der Waals surface area contributed by atoms with Crippen LogP contribution in [0.3, 0.4) is 0 Å². The van der Waals surface area contributed by atoms with E-state index in [2.05, 4.69) is 10.3 Å². The van der Waals surface area contributed by atoms with Crippen LogP contribution in [0.15, 0.2) is 24.4 Å². The molecule has 1 aliphatic rings. The Bertz CT molecular complexity index is 814. The van der Waals surface area contributed by atoms with E-state index in [1.807, 2.05) is 0 Å². The quantitative estimate of drug-likeness (QED) is 0.688. The topological polar surface area (TPSA) is 91.7 Å². The maximum absolute atomic E-state index is 14.5. The fourth-order valence-corrected chi connectivity index (χ4v) is 3.97. The lowest BCUT2D eigenvalue weighted by atomic mass is 9.80. The average Bonchev–Trinajstić information content (AvgIpc) is 2.66. The van der Waals surface area contributed by atoms with Gasteiger partial charge in [-0.15, -0.1) is 0 Å². The van der Waals surface area contributed by atoms with Crippen molar-refractivity contribution in [2.45, 2.75) is 31.8 Å². The Morgan fingerprint density at radius 2 is 2.26 bits per heavy atom. The second kappa shape index (κ2) is 8.63. The highest BCUT2D eigenvalue weighted by Crippen LogP contribution is 2.34. The molecule has 1 aliphatic heterocycles. The van der Waals surface area contributed by atoms with E-state index in [1.54, 1.807) is 18.2 Å². The smallest absolute Gasteiger partial charge is 0.303 e. The number of methoxy groups -OCH3 is 1. The van der Waals surface area contributed by atoms with Crippen LogP contribution in [0.1, 0.15) is 37.4 Å². The van der Waals surface area contributed by atoms with Crippen LogP contribution in [0.2, 0.25) is 0 Å². The van der Waals surface area contributed by atoms with Crippen molar-refractivity contribution in [2.75, 3.05) is 20.2 Å². The molecule has 0 saturated carbocycles. The highest BCUT2D eigenvalue weighted by Gasteiger charge is 2.28. The van der Waals surface area contributed by atoms with Crippen molar-refractivity contribution in [3.05, 3.63) is 35.8 Å². The summed E-state index contributed by atoms with van der Waals surface area (Å²) >= 11 is 0. The Morgan fingerprint density at radius 3 is 3.00 bits per heavy atom. The number of carbonyl (C=O) groups is 1. The second-order valence-corrected chi connectivity index (χ2v) is 7.11. The van der Waals surface area contributed by atoms with Crippen molar-refractivity contribution in [2.24, 2.45) is 11.8 Å². The summed E-state index contributed by atoms with van der Waals surface area (Å²) in [5.74, 6) is -0.559. The molecule has 146 valence electrons. The monoisotopic (exact) mass is 376 g/mol. The first-order valence-corrected chi connectivity index (χ1v) is 9.22. The number of ether oxygens (including phenoxy) is 1. The van der Waals surface area contributed by atoms with Crippen LogP contribution in [0.5, 0.6) is 5.75 Å². The largest absolute Gasteiger partial charge is 0.497 e. The number of piperidine rings is 1. The van der Waals surface area contributed by atoms with Gasteiger partial charge in [0.2, 0.25) is 0 Å². The molecule has 0 unspecified atom stereocenters. The molecule has 27 heavy (non-hydrogen) atoms. The Balaban J connectivity index is 1.78. The van der Waals surface area contributed by atoms with Crippen molar-refractivity contribution in [1.82, 2.24) is 10.3 Å². The van der Waals surface area contributed by atoms with Crippen molar-refractivity contribution in [1.29, 1.82) is 0 Å². The number of nitrogens with zero attached hydrogens (tertiary/aromatic N) is 1. The van der Waals surface area contributed by atoms with Crippen LogP contribution >= 0.6 is 0 Å². The Morgan fingerprint density at radius 1 is 1.44 bits per heavy atom. The molecule has 0 amide bonds. The summed E-state index contributed by atoms with van der Waals surface area (Å²) in [6, 6.07) is 5.16. The van der Waals surface area contributed by atoms with E-state index in [0.29, 0.717) is 36.0 Å². The molecule has 6 nitrogen and oxygen atoms in total. The third kappa shape index (κ3) is 4.54. The molecular weight excluding hydrogens is 351 g/mol. The Kier molecular flexibility index (Phi) is 6.23. The zero-order valence-corrected chi connectivity index (χ0v) is 15.3. The number of benzene rings is 1. The molecule has 1 aromatic heterocycles. The molecule has 0 bridgehead atoms. The number of aliphatic carboxylic acids is 1. The first-order valence-electron chi connectivity index (χ1n) is 9.22. The van der Waals surface area contributed by atoms with Crippen LogP contribution in [0.4, 0.5) is 4.39 Å². The Labute approximate surface area is 157 Å². The molecule has 2 aromatic rings. The van der Waals surface area contributed by atoms with Gasteiger partial charge in [-0.25, -0.2) is 4.39 Å². The minimum Gasteiger partial charge on any atom is -0.497 e. The first kappa shape index (κ1) is 19.5. The molecule has 3 rings (SSSR count). The van der Waals surface area contributed by atoms with Crippen LogP contribution < -0.4 is 10.1 Å². The molecule has 1 aromatic carbocycles. The fraction of sp³-hybridized carbons (Fsp3) is 0.500.